The lowest BCUT2D eigenvalue weighted by Crippen LogP contribution is -2.16. The molecule has 1 aliphatic rings. The predicted octanol–water partition coefficient (Wildman–Crippen LogP) is 9.77. The third-order valence-corrected chi connectivity index (χ3v) is 7.83. The molecule has 0 N–H and O–H groups in total. The minimum absolute atomic E-state index is 0.0838. The van der Waals surface area contributed by atoms with Crippen LogP contribution in [0.5, 0.6) is 0 Å². The Kier molecular flexibility index (Phi) is 4.56. The smallest absolute Gasteiger partial charge is 0.0465 e. The molecule has 6 aromatic carbocycles. The van der Waals surface area contributed by atoms with Crippen molar-refractivity contribution in [1.82, 2.24) is 0 Å². The average molecular weight is 462 g/mol. The number of hydrogen-bond donors (Lipinski definition) is 0. The Morgan fingerprint density at radius 3 is 1.83 bits per heavy atom. The molecule has 36 heavy (non-hydrogen) atoms. The molecule has 6 aromatic rings. The maximum atomic E-state index is 2.40. The van der Waals surface area contributed by atoms with Crippen molar-refractivity contribution < 1.29 is 0 Å². The topological polar surface area (TPSA) is 3.24 Å². The maximum Gasteiger partial charge on any atom is 0.0465 e. The van der Waals surface area contributed by atoms with Crippen molar-refractivity contribution in [3.63, 3.8) is 0 Å². The maximum absolute atomic E-state index is 2.40. The average Bonchev–Trinajstić information content (AvgIpc) is 3.16. The van der Waals surface area contributed by atoms with E-state index >= 15 is 0 Å². The van der Waals surface area contributed by atoms with Gasteiger partial charge in [0.15, 0.2) is 0 Å². The van der Waals surface area contributed by atoms with Gasteiger partial charge >= 0.3 is 0 Å². The number of anilines is 3. The summed E-state index contributed by atoms with van der Waals surface area (Å²) < 4.78 is 0. The van der Waals surface area contributed by atoms with Gasteiger partial charge in [-0.3, -0.25) is 0 Å². The van der Waals surface area contributed by atoms with Crippen LogP contribution in [0.3, 0.4) is 0 Å². The van der Waals surface area contributed by atoms with E-state index in [1.807, 2.05) is 0 Å². The van der Waals surface area contributed by atoms with E-state index in [-0.39, 0.29) is 5.41 Å². The fraction of sp³-hybridized carbons (Fsp3) is 0.0857. The second kappa shape index (κ2) is 7.83. The van der Waals surface area contributed by atoms with Crippen molar-refractivity contribution in [3.05, 3.63) is 139 Å². The lowest BCUT2D eigenvalue weighted by Gasteiger charge is -2.28. The van der Waals surface area contributed by atoms with Crippen LogP contribution in [0.15, 0.2) is 127 Å². The van der Waals surface area contributed by atoms with Crippen LogP contribution in [0.4, 0.5) is 17.1 Å². The van der Waals surface area contributed by atoms with Crippen LogP contribution in [-0.4, -0.2) is 0 Å². The van der Waals surface area contributed by atoms with Crippen LogP contribution in [0.1, 0.15) is 25.0 Å². The normalized spacial score (nSPS) is 13.5. The molecule has 1 aliphatic carbocycles. The summed E-state index contributed by atoms with van der Waals surface area (Å²) in [6.45, 7) is 4.73. The van der Waals surface area contributed by atoms with Gasteiger partial charge in [-0.15, -0.1) is 0 Å². The van der Waals surface area contributed by atoms with Gasteiger partial charge in [0.2, 0.25) is 0 Å². The molecule has 0 atom stereocenters. The highest BCUT2D eigenvalue weighted by atomic mass is 15.1. The highest BCUT2D eigenvalue weighted by Crippen LogP contribution is 2.53. The third-order valence-electron chi connectivity index (χ3n) is 7.83. The van der Waals surface area contributed by atoms with Crippen molar-refractivity contribution in [2.45, 2.75) is 19.3 Å². The third kappa shape index (κ3) is 3.03. The van der Waals surface area contributed by atoms with Crippen LogP contribution >= 0.6 is 0 Å². The molecule has 0 saturated carbocycles. The molecule has 172 valence electrons. The quantitative estimate of drug-likeness (QED) is 0.237. The molecule has 0 aliphatic heterocycles. The minimum Gasteiger partial charge on any atom is -0.310 e. The van der Waals surface area contributed by atoms with Gasteiger partial charge in [-0.05, 0) is 80.2 Å². The van der Waals surface area contributed by atoms with Crippen molar-refractivity contribution >= 4 is 38.6 Å². The summed E-state index contributed by atoms with van der Waals surface area (Å²) in [6, 6.07) is 46.3. The van der Waals surface area contributed by atoms with E-state index in [9.17, 15) is 0 Å². The van der Waals surface area contributed by atoms with E-state index in [4.69, 9.17) is 0 Å². The van der Waals surface area contributed by atoms with E-state index in [0.717, 1.165) is 11.4 Å². The highest BCUT2D eigenvalue weighted by Gasteiger charge is 2.37. The summed E-state index contributed by atoms with van der Waals surface area (Å²) in [4.78, 5) is 2.35. The summed E-state index contributed by atoms with van der Waals surface area (Å²) in [5, 5.41) is 5.28. The first kappa shape index (κ1) is 21.0. The standard InChI is InChI=1S/C35H27N/c1-35(2)32-22-21-29-28-16-10-9-11-24(28)17-19-30(29)34(32)31-20-18-27(23-33(31)35)36(25-12-5-3-6-13-25)26-14-7-4-8-15-26/h3-23H,1-2H3. The Hall–Kier alpha value is -4.36. The SMILES string of the molecule is CC1(C)c2cc(N(c3ccccc3)c3ccccc3)ccc2-c2c1ccc1c2ccc2ccccc21. The molecular formula is C35H27N. The molecule has 0 heterocycles. The van der Waals surface area contributed by atoms with Crippen LogP contribution in [0.2, 0.25) is 0 Å². The molecule has 0 amide bonds. The Morgan fingerprint density at radius 2 is 1.11 bits per heavy atom. The molecule has 0 bridgehead atoms. The predicted molar refractivity (Wildman–Crippen MR) is 154 cm³/mol. The number of fused-ring (bicyclic) bond motifs is 7. The number of para-hydroxylation sites is 2. The molecule has 0 saturated heterocycles. The van der Waals surface area contributed by atoms with Crippen LogP contribution in [-0.2, 0) is 5.41 Å². The zero-order valence-corrected chi connectivity index (χ0v) is 20.6. The Balaban J connectivity index is 1.46. The van der Waals surface area contributed by atoms with Crippen molar-refractivity contribution in [2.75, 3.05) is 4.90 Å². The fourth-order valence-electron chi connectivity index (χ4n) is 6.05. The van der Waals surface area contributed by atoms with E-state index in [2.05, 4.69) is 146 Å². The lowest BCUT2D eigenvalue weighted by molar-refractivity contribution is 0.661. The number of rotatable bonds is 3. The van der Waals surface area contributed by atoms with Gasteiger partial charge in [0.1, 0.15) is 0 Å². The summed E-state index contributed by atoms with van der Waals surface area (Å²) >= 11 is 0. The fourth-order valence-corrected chi connectivity index (χ4v) is 6.05. The van der Waals surface area contributed by atoms with Crippen LogP contribution in [0.25, 0.3) is 32.7 Å². The molecule has 0 unspecified atom stereocenters. The largest absolute Gasteiger partial charge is 0.310 e. The Bertz CT molecular complexity index is 1710. The monoisotopic (exact) mass is 461 g/mol. The Morgan fingerprint density at radius 1 is 0.472 bits per heavy atom. The van der Waals surface area contributed by atoms with Crippen molar-refractivity contribution in [3.8, 4) is 11.1 Å². The summed E-state index contributed by atoms with van der Waals surface area (Å²) in [5.74, 6) is 0. The summed E-state index contributed by atoms with van der Waals surface area (Å²) in [6.07, 6.45) is 0. The van der Waals surface area contributed by atoms with Gasteiger partial charge in [0, 0.05) is 22.5 Å². The Labute approximate surface area is 212 Å². The summed E-state index contributed by atoms with van der Waals surface area (Å²) in [7, 11) is 0. The van der Waals surface area contributed by atoms with Gasteiger partial charge in [0.25, 0.3) is 0 Å². The van der Waals surface area contributed by atoms with E-state index in [1.165, 1.54) is 49.5 Å². The first-order chi connectivity index (χ1) is 17.6. The lowest BCUT2D eigenvalue weighted by atomic mass is 9.81. The van der Waals surface area contributed by atoms with Gasteiger partial charge in [-0.2, -0.15) is 0 Å². The molecule has 0 radical (unpaired) electrons. The highest BCUT2D eigenvalue weighted by molar-refractivity contribution is 6.14. The number of benzene rings is 6. The number of hydrogen-bond acceptors (Lipinski definition) is 1. The minimum atomic E-state index is -0.0838. The summed E-state index contributed by atoms with van der Waals surface area (Å²) in [5.41, 5.74) is 8.94. The van der Waals surface area contributed by atoms with Crippen molar-refractivity contribution in [1.29, 1.82) is 0 Å². The van der Waals surface area contributed by atoms with Gasteiger partial charge in [0.05, 0.1) is 0 Å². The zero-order chi connectivity index (χ0) is 24.3. The molecule has 0 aromatic heterocycles. The van der Waals surface area contributed by atoms with Gasteiger partial charge in [-0.1, -0.05) is 105 Å². The van der Waals surface area contributed by atoms with E-state index in [0.29, 0.717) is 0 Å². The second-order valence-corrected chi connectivity index (χ2v) is 10.2. The van der Waals surface area contributed by atoms with Crippen LogP contribution in [0, 0.1) is 0 Å². The first-order valence-corrected chi connectivity index (χ1v) is 12.6. The van der Waals surface area contributed by atoms with Gasteiger partial charge in [-0.25, -0.2) is 0 Å². The zero-order valence-electron chi connectivity index (χ0n) is 20.6. The molecule has 0 fully saturated rings. The molecular weight excluding hydrogens is 434 g/mol. The van der Waals surface area contributed by atoms with E-state index in [1.54, 1.807) is 0 Å². The molecule has 1 heteroatoms. The van der Waals surface area contributed by atoms with Crippen molar-refractivity contribution in [2.24, 2.45) is 0 Å². The molecule has 1 nitrogen and oxygen atoms in total. The number of nitrogens with zero attached hydrogens (tertiary/aromatic N) is 1. The second-order valence-electron chi connectivity index (χ2n) is 10.2. The van der Waals surface area contributed by atoms with E-state index < -0.39 is 0 Å². The van der Waals surface area contributed by atoms with Crippen LogP contribution < -0.4 is 4.90 Å². The first-order valence-electron chi connectivity index (χ1n) is 12.6. The molecule has 7 rings (SSSR count). The van der Waals surface area contributed by atoms with Gasteiger partial charge < -0.3 is 4.90 Å². The molecule has 0 spiro atoms.